The highest BCUT2D eigenvalue weighted by Gasteiger charge is 2.62. The molecule has 3 amide bonds. The molecule has 2 atom stereocenters. The summed E-state index contributed by atoms with van der Waals surface area (Å²) in [6, 6.07) is 24.3. The third kappa shape index (κ3) is 6.34. The Balaban J connectivity index is 1.37. The second-order valence-electron chi connectivity index (χ2n) is 15.2. The number of esters is 1. The second-order valence-corrected chi connectivity index (χ2v) is 15.2. The number of Topliss-reactive ketones (excluding diaryl/α,β-unsaturated/α-hetero) is 1. The van der Waals surface area contributed by atoms with Crippen LogP contribution in [0.4, 0.5) is 5.69 Å². The van der Waals surface area contributed by atoms with Gasteiger partial charge in [0.05, 0.1) is 24.7 Å². The summed E-state index contributed by atoms with van der Waals surface area (Å²) in [5.41, 5.74) is 6.12. The summed E-state index contributed by atoms with van der Waals surface area (Å²) >= 11 is 0. The molecule has 260 valence electrons. The Morgan fingerprint density at radius 3 is 1.94 bits per heavy atom. The topological polar surface area (TPSA) is 127 Å². The van der Waals surface area contributed by atoms with Crippen LogP contribution >= 0.6 is 0 Å². The van der Waals surface area contributed by atoms with Gasteiger partial charge in [0.25, 0.3) is 11.8 Å². The van der Waals surface area contributed by atoms with Crippen LogP contribution in [0, 0.1) is 23.2 Å². The molecular formula is C41H45N3O6. The predicted octanol–water partition coefficient (Wildman–Crippen LogP) is 5.99. The van der Waals surface area contributed by atoms with Crippen molar-refractivity contribution in [1.29, 1.82) is 0 Å². The molecule has 50 heavy (non-hydrogen) atoms. The molecule has 4 fully saturated rings. The van der Waals surface area contributed by atoms with E-state index in [1.54, 1.807) is 24.3 Å². The van der Waals surface area contributed by atoms with Gasteiger partial charge in [0, 0.05) is 18.9 Å². The third-order valence-electron chi connectivity index (χ3n) is 11.7. The minimum atomic E-state index is -2.16. The van der Waals surface area contributed by atoms with Crippen LogP contribution in [0.3, 0.4) is 0 Å². The molecule has 8 rings (SSSR count). The van der Waals surface area contributed by atoms with Gasteiger partial charge in [-0.3, -0.25) is 24.0 Å². The Bertz CT molecular complexity index is 1760. The highest BCUT2D eigenvalue weighted by Crippen LogP contribution is 2.63. The van der Waals surface area contributed by atoms with Crippen LogP contribution in [0.2, 0.25) is 0 Å². The number of rotatable bonds is 9. The normalized spacial score (nSPS) is 28.7. The van der Waals surface area contributed by atoms with Crippen molar-refractivity contribution in [3.05, 3.63) is 102 Å². The lowest BCUT2D eigenvalue weighted by atomic mass is 9.47. The molecule has 0 radical (unpaired) electrons. The number of hydrogen-bond donors (Lipinski definition) is 1. The van der Waals surface area contributed by atoms with E-state index in [4.69, 9.17) is 10.5 Å². The van der Waals surface area contributed by atoms with Gasteiger partial charge in [-0.05, 0) is 91.4 Å². The van der Waals surface area contributed by atoms with Gasteiger partial charge in [0.15, 0.2) is 5.78 Å². The van der Waals surface area contributed by atoms with Crippen molar-refractivity contribution in [3.63, 3.8) is 0 Å². The SMILES string of the molecule is CC(=O)N1[C@H](CC(=O)OCc2ccccc2)CC(=O)c2ccccc2N(Cc2ccccc2)C(=O)[C@@]1(CC12CC3CC(CC(C3)C1)C2)C(N)=O. The maximum atomic E-state index is 15.7. The van der Waals surface area contributed by atoms with Crippen molar-refractivity contribution in [2.45, 2.75) is 89.4 Å². The molecule has 4 aliphatic carbocycles. The summed E-state index contributed by atoms with van der Waals surface area (Å²) in [7, 11) is 0. The van der Waals surface area contributed by atoms with E-state index in [0.29, 0.717) is 23.4 Å². The van der Waals surface area contributed by atoms with Crippen molar-refractivity contribution < 1.29 is 28.7 Å². The number of amides is 3. The third-order valence-corrected chi connectivity index (χ3v) is 11.7. The van der Waals surface area contributed by atoms with Gasteiger partial charge in [-0.25, -0.2) is 0 Å². The molecule has 0 unspecified atom stereocenters. The van der Waals surface area contributed by atoms with E-state index in [2.05, 4.69) is 0 Å². The van der Waals surface area contributed by atoms with Crippen molar-refractivity contribution >= 4 is 35.2 Å². The lowest BCUT2D eigenvalue weighted by Crippen LogP contribution is -2.71. The van der Waals surface area contributed by atoms with E-state index in [9.17, 15) is 19.2 Å². The first kappa shape index (κ1) is 33.7. The molecule has 3 aromatic rings. The van der Waals surface area contributed by atoms with Crippen LogP contribution in [0.1, 0.15) is 86.2 Å². The Hall–Kier alpha value is -4.79. The van der Waals surface area contributed by atoms with Crippen LogP contribution in [-0.2, 0) is 37.1 Å². The monoisotopic (exact) mass is 675 g/mol. The number of anilines is 1. The number of nitrogens with zero attached hydrogens (tertiary/aromatic N) is 2. The predicted molar refractivity (Wildman–Crippen MR) is 187 cm³/mol. The van der Waals surface area contributed by atoms with Crippen molar-refractivity contribution in [3.8, 4) is 0 Å². The van der Waals surface area contributed by atoms with E-state index >= 15 is 4.79 Å². The number of fused-ring (bicyclic) bond motifs is 1. The van der Waals surface area contributed by atoms with Gasteiger partial charge in [0.2, 0.25) is 11.4 Å². The number of carbonyl (C=O) groups excluding carboxylic acids is 5. The molecule has 2 N–H and O–H groups in total. The fourth-order valence-electron chi connectivity index (χ4n) is 10.2. The van der Waals surface area contributed by atoms with E-state index in [1.165, 1.54) is 16.7 Å². The molecule has 4 saturated carbocycles. The number of carbonyl (C=O) groups is 5. The minimum Gasteiger partial charge on any atom is -0.461 e. The maximum Gasteiger partial charge on any atom is 0.308 e. The zero-order chi connectivity index (χ0) is 35.0. The summed E-state index contributed by atoms with van der Waals surface area (Å²) < 4.78 is 5.66. The summed E-state index contributed by atoms with van der Waals surface area (Å²) in [5, 5.41) is 0. The summed E-state index contributed by atoms with van der Waals surface area (Å²) in [5.74, 6) is -1.70. The van der Waals surface area contributed by atoms with Gasteiger partial charge in [0.1, 0.15) is 6.61 Å². The second kappa shape index (κ2) is 13.5. The minimum absolute atomic E-state index is 0.00126. The van der Waals surface area contributed by atoms with Crippen molar-refractivity contribution in [1.82, 2.24) is 4.90 Å². The van der Waals surface area contributed by atoms with Crippen molar-refractivity contribution in [2.75, 3.05) is 4.90 Å². The Morgan fingerprint density at radius 2 is 1.36 bits per heavy atom. The Kier molecular flexibility index (Phi) is 9.09. The van der Waals surface area contributed by atoms with E-state index in [0.717, 1.165) is 49.7 Å². The van der Waals surface area contributed by atoms with Crippen LogP contribution in [0.5, 0.6) is 0 Å². The average Bonchev–Trinajstić information content (AvgIpc) is 3.11. The molecule has 9 heteroatoms. The molecule has 0 spiro atoms. The first-order valence-electron chi connectivity index (χ1n) is 17.8. The van der Waals surface area contributed by atoms with Gasteiger partial charge in [-0.1, -0.05) is 72.8 Å². The highest BCUT2D eigenvalue weighted by atomic mass is 16.5. The maximum absolute atomic E-state index is 15.7. The fraction of sp³-hybridized carbons (Fsp3) is 0.439. The van der Waals surface area contributed by atoms with Gasteiger partial charge in [-0.2, -0.15) is 0 Å². The summed E-state index contributed by atoms with van der Waals surface area (Å²) in [4.78, 5) is 74.8. The van der Waals surface area contributed by atoms with Crippen LogP contribution < -0.4 is 10.6 Å². The molecule has 0 aromatic heterocycles. The lowest BCUT2D eigenvalue weighted by molar-refractivity contribution is -0.166. The quantitative estimate of drug-likeness (QED) is 0.219. The van der Waals surface area contributed by atoms with Gasteiger partial charge >= 0.3 is 5.97 Å². The average molecular weight is 676 g/mol. The number of primary amides is 1. The zero-order valence-electron chi connectivity index (χ0n) is 28.6. The molecule has 1 aliphatic heterocycles. The highest BCUT2D eigenvalue weighted by molar-refractivity contribution is 6.19. The fourth-order valence-corrected chi connectivity index (χ4v) is 10.2. The standard InChI is InChI=1S/C41H45N3O6/c1-27(45)44-33(20-37(47)50-25-29-12-6-3-7-13-29)19-36(46)34-14-8-9-15-35(34)43(24-28-10-4-2-5-11-28)39(49)41(44,38(42)48)26-40-21-30-16-31(22-40)18-32(17-30)23-40/h2-15,30-33H,16-26H2,1H3,(H2,42,48)/t30?,31?,32?,33-,40?,41+/m0/s1. The first-order valence-corrected chi connectivity index (χ1v) is 17.8. The number of ketones is 1. The summed E-state index contributed by atoms with van der Waals surface area (Å²) in [6.45, 7) is 1.35. The molecular weight excluding hydrogens is 630 g/mol. The lowest BCUT2D eigenvalue weighted by Gasteiger charge is -2.59. The molecule has 0 saturated heterocycles. The van der Waals surface area contributed by atoms with E-state index in [1.807, 2.05) is 60.7 Å². The Labute approximate surface area is 293 Å². The smallest absolute Gasteiger partial charge is 0.308 e. The van der Waals surface area contributed by atoms with Crippen LogP contribution in [-0.4, -0.2) is 46.0 Å². The molecule has 5 aliphatic rings. The largest absolute Gasteiger partial charge is 0.461 e. The molecule has 4 bridgehead atoms. The van der Waals surface area contributed by atoms with Gasteiger partial charge < -0.3 is 20.3 Å². The Morgan fingerprint density at radius 1 is 0.800 bits per heavy atom. The molecule has 1 heterocycles. The number of nitrogens with two attached hydrogens (primary N) is 1. The van der Waals surface area contributed by atoms with Gasteiger partial charge in [-0.15, -0.1) is 0 Å². The number of benzene rings is 3. The first-order chi connectivity index (χ1) is 24.1. The van der Waals surface area contributed by atoms with Crippen LogP contribution in [0.25, 0.3) is 0 Å². The van der Waals surface area contributed by atoms with Crippen molar-refractivity contribution in [2.24, 2.45) is 28.9 Å². The molecule has 9 nitrogen and oxygen atoms in total. The van der Waals surface area contributed by atoms with Crippen LogP contribution in [0.15, 0.2) is 84.9 Å². The number of para-hydroxylation sites is 1. The number of hydrogen-bond acceptors (Lipinski definition) is 6. The summed E-state index contributed by atoms with van der Waals surface area (Å²) in [6.07, 6.45) is 5.36. The molecule has 3 aromatic carbocycles. The zero-order valence-corrected chi connectivity index (χ0v) is 28.6. The number of ether oxygens (including phenoxy) is 1. The van der Waals surface area contributed by atoms with E-state index < -0.39 is 35.3 Å². The van der Waals surface area contributed by atoms with E-state index in [-0.39, 0.29) is 49.2 Å².